The topological polar surface area (TPSA) is 30.7 Å². The fraction of sp³-hybridized carbons (Fsp3) is 0. The van der Waals surface area contributed by atoms with Gasteiger partial charge in [0.15, 0.2) is 0 Å². The van der Waals surface area contributed by atoms with E-state index in [9.17, 15) is 0 Å². The molecule has 9 rings (SSSR count). The van der Waals surface area contributed by atoms with Gasteiger partial charge in [-0.25, -0.2) is 9.97 Å². The molecule has 0 bridgehead atoms. The summed E-state index contributed by atoms with van der Waals surface area (Å²) < 4.78 is 2.32. The Morgan fingerprint density at radius 2 is 0.884 bits per heavy atom. The van der Waals surface area contributed by atoms with Crippen LogP contribution in [0.2, 0.25) is 0 Å². The van der Waals surface area contributed by atoms with Crippen molar-refractivity contribution >= 4 is 54.1 Å². The van der Waals surface area contributed by atoms with Gasteiger partial charge >= 0.3 is 0 Å². The average molecular weight is 548 g/mol. The normalized spacial score (nSPS) is 11.7. The second-order valence-corrected chi connectivity index (χ2v) is 11.0. The van der Waals surface area contributed by atoms with Crippen LogP contribution in [0.4, 0.5) is 0 Å². The summed E-state index contributed by atoms with van der Waals surface area (Å²) >= 11 is 0. The Balaban J connectivity index is 1.53. The highest BCUT2D eigenvalue weighted by molar-refractivity contribution is 6.34. The van der Waals surface area contributed by atoms with E-state index in [4.69, 9.17) is 9.97 Å². The van der Waals surface area contributed by atoms with Gasteiger partial charge in [-0.05, 0) is 27.6 Å². The van der Waals surface area contributed by atoms with Crippen LogP contribution in [0.25, 0.3) is 82.6 Å². The molecule has 0 aliphatic heterocycles. The fourth-order valence-electron chi connectivity index (χ4n) is 6.69. The predicted molar refractivity (Wildman–Crippen MR) is 180 cm³/mol. The van der Waals surface area contributed by atoms with Gasteiger partial charge in [0.1, 0.15) is 0 Å². The van der Waals surface area contributed by atoms with E-state index in [1.807, 2.05) is 12.1 Å². The summed E-state index contributed by atoms with van der Waals surface area (Å²) in [6, 6.07) is 53.5. The maximum absolute atomic E-state index is 5.32. The highest BCUT2D eigenvalue weighted by Gasteiger charge is 2.22. The smallest absolute Gasteiger partial charge is 0.235 e. The van der Waals surface area contributed by atoms with Crippen LogP contribution in [0.5, 0.6) is 0 Å². The zero-order chi connectivity index (χ0) is 28.3. The van der Waals surface area contributed by atoms with Gasteiger partial charge in [-0.3, -0.25) is 4.57 Å². The minimum Gasteiger partial charge on any atom is -0.277 e. The molecule has 0 unspecified atom stereocenters. The maximum atomic E-state index is 5.32. The molecule has 3 heteroatoms. The molecule has 9 aromatic rings. The highest BCUT2D eigenvalue weighted by atomic mass is 15.2. The molecule has 0 aliphatic rings. The van der Waals surface area contributed by atoms with Gasteiger partial charge in [-0.15, -0.1) is 0 Å². The molecule has 2 heterocycles. The van der Waals surface area contributed by atoms with E-state index in [0.717, 1.165) is 33.5 Å². The molecule has 200 valence electrons. The quantitative estimate of drug-likeness (QED) is 0.206. The molecule has 0 fully saturated rings. The van der Waals surface area contributed by atoms with Gasteiger partial charge in [0, 0.05) is 32.7 Å². The Labute approximate surface area is 248 Å². The molecule has 0 spiro atoms. The number of aromatic nitrogens is 3. The van der Waals surface area contributed by atoms with E-state index in [-0.39, 0.29) is 0 Å². The monoisotopic (exact) mass is 547 g/mol. The van der Waals surface area contributed by atoms with Crippen LogP contribution >= 0.6 is 0 Å². The Bertz CT molecular complexity index is 2440. The molecule has 0 N–H and O–H groups in total. The Morgan fingerprint density at radius 1 is 0.372 bits per heavy atom. The van der Waals surface area contributed by atoms with E-state index >= 15 is 0 Å². The molecule has 3 nitrogen and oxygen atoms in total. The predicted octanol–water partition coefficient (Wildman–Crippen LogP) is 10.4. The summed E-state index contributed by atoms with van der Waals surface area (Å²) in [5, 5.41) is 9.69. The average Bonchev–Trinajstić information content (AvgIpc) is 3.45. The van der Waals surface area contributed by atoms with E-state index in [1.54, 1.807) is 0 Å². The van der Waals surface area contributed by atoms with E-state index in [0.29, 0.717) is 5.95 Å². The van der Waals surface area contributed by atoms with Crippen molar-refractivity contribution in [3.63, 3.8) is 0 Å². The summed E-state index contributed by atoms with van der Waals surface area (Å²) in [6.45, 7) is 0. The molecular formula is C40H25N3. The minimum absolute atomic E-state index is 0.664. The van der Waals surface area contributed by atoms with Crippen LogP contribution in [-0.4, -0.2) is 14.5 Å². The zero-order valence-electron chi connectivity index (χ0n) is 23.3. The molecule has 0 atom stereocenters. The van der Waals surface area contributed by atoms with Crippen LogP contribution in [0.1, 0.15) is 0 Å². The number of rotatable bonds is 3. The summed E-state index contributed by atoms with van der Waals surface area (Å²) in [5.74, 6) is 0.664. The first kappa shape index (κ1) is 23.9. The fourth-order valence-corrected chi connectivity index (χ4v) is 6.69. The van der Waals surface area contributed by atoms with Crippen molar-refractivity contribution in [1.29, 1.82) is 0 Å². The number of hydrogen-bond donors (Lipinski definition) is 0. The van der Waals surface area contributed by atoms with Crippen LogP contribution in [0, 0.1) is 0 Å². The first-order chi connectivity index (χ1) is 21.3. The number of nitrogens with zero attached hydrogens (tertiary/aromatic N) is 3. The Kier molecular flexibility index (Phi) is 5.20. The Hall–Kier alpha value is -5.80. The lowest BCUT2D eigenvalue weighted by Crippen LogP contribution is -2.04. The third-order valence-electron chi connectivity index (χ3n) is 8.58. The summed E-state index contributed by atoms with van der Waals surface area (Å²) in [4.78, 5) is 10.6. The largest absolute Gasteiger partial charge is 0.277 e. The minimum atomic E-state index is 0.664. The van der Waals surface area contributed by atoms with E-state index in [1.165, 1.54) is 43.1 Å². The molecule has 0 amide bonds. The van der Waals surface area contributed by atoms with Gasteiger partial charge in [-0.1, -0.05) is 146 Å². The number of benzene rings is 7. The lowest BCUT2D eigenvalue weighted by Gasteiger charge is -2.14. The van der Waals surface area contributed by atoms with Crippen molar-refractivity contribution in [2.45, 2.75) is 0 Å². The Morgan fingerprint density at radius 3 is 1.53 bits per heavy atom. The highest BCUT2D eigenvalue weighted by Crippen LogP contribution is 2.44. The van der Waals surface area contributed by atoms with Crippen molar-refractivity contribution in [3.05, 3.63) is 152 Å². The lowest BCUT2D eigenvalue weighted by atomic mass is 9.96. The van der Waals surface area contributed by atoms with Crippen molar-refractivity contribution in [3.8, 4) is 28.5 Å². The van der Waals surface area contributed by atoms with Crippen LogP contribution in [-0.2, 0) is 0 Å². The van der Waals surface area contributed by atoms with Gasteiger partial charge in [0.05, 0.1) is 22.4 Å². The van der Waals surface area contributed by atoms with Gasteiger partial charge in [-0.2, -0.15) is 0 Å². The number of hydrogen-bond acceptors (Lipinski definition) is 2. The molecule has 0 saturated carbocycles. The van der Waals surface area contributed by atoms with Gasteiger partial charge in [0.2, 0.25) is 5.95 Å². The van der Waals surface area contributed by atoms with Gasteiger partial charge < -0.3 is 0 Å². The van der Waals surface area contributed by atoms with Crippen LogP contribution in [0.3, 0.4) is 0 Å². The molecule has 0 radical (unpaired) electrons. The third-order valence-corrected chi connectivity index (χ3v) is 8.58. The van der Waals surface area contributed by atoms with Crippen molar-refractivity contribution in [1.82, 2.24) is 14.5 Å². The third kappa shape index (κ3) is 3.62. The molecule has 0 aliphatic carbocycles. The zero-order valence-corrected chi connectivity index (χ0v) is 23.3. The molecule has 0 saturated heterocycles. The molecule has 2 aromatic heterocycles. The second-order valence-electron chi connectivity index (χ2n) is 11.0. The van der Waals surface area contributed by atoms with Crippen LogP contribution in [0.15, 0.2) is 152 Å². The second kappa shape index (κ2) is 9.37. The van der Waals surface area contributed by atoms with Crippen molar-refractivity contribution < 1.29 is 0 Å². The van der Waals surface area contributed by atoms with Crippen molar-refractivity contribution in [2.75, 3.05) is 0 Å². The van der Waals surface area contributed by atoms with E-state index < -0.39 is 0 Å². The van der Waals surface area contributed by atoms with Crippen molar-refractivity contribution in [2.24, 2.45) is 0 Å². The first-order valence-electron chi connectivity index (χ1n) is 14.6. The summed E-state index contributed by atoms with van der Waals surface area (Å²) in [7, 11) is 0. The van der Waals surface area contributed by atoms with E-state index in [2.05, 4.69) is 144 Å². The maximum Gasteiger partial charge on any atom is 0.235 e. The van der Waals surface area contributed by atoms with Gasteiger partial charge in [0.25, 0.3) is 0 Å². The van der Waals surface area contributed by atoms with Crippen LogP contribution < -0.4 is 0 Å². The summed E-state index contributed by atoms with van der Waals surface area (Å²) in [5.41, 5.74) is 6.16. The lowest BCUT2D eigenvalue weighted by molar-refractivity contribution is 1.00. The standard InChI is InChI=1S/C40H25N3/c1-3-14-27(15-4-1)35-25-36(28-16-5-2-6-17-28)42-40(41-35)43-38-29-18-8-7-13-26(29)23-24-34(38)37-32-21-11-9-19-30(32)31-20-10-12-22-33(31)39(37)43/h1-25H. The SMILES string of the molecule is c1ccc(-c2cc(-c3ccccc3)nc(-n3c4c5ccccc5ccc4c4c5ccccc5c5ccccc5c43)n2)cc1. The molecule has 7 aromatic carbocycles. The summed E-state index contributed by atoms with van der Waals surface area (Å²) in [6.07, 6.45) is 0. The first-order valence-corrected chi connectivity index (χ1v) is 14.6. The molecule has 43 heavy (non-hydrogen) atoms. The molecular weight excluding hydrogens is 522 g/mol. The number of fused-ring (bicyclic) bond motifs is 10.